The Morgan fingerprint density at radius 3 is 2.18 bits per heavy atom. The number of aromatic nitrogens is 1. The van der Waals surface area contributed by atoms with E-state index in [4.69, 9.17) is 17.2 Å². The third kappa shape index (κ3) is 15.1. The maximum atomic E-state index is 15.2. The van der Waals surface area contributed by atoms with Crippen LogP contribution in [-0.4, -0.2) is 107 Å². The Bertz CT molecular complexity index is 2600. The van der Waals surface area contributed by atoms with Gasteiger partial charge in [0, 0.05) is 55.9 Å². The smallest absolute Gasteiger partial charge is 0.246 e. The molecule has 1 spiro atoms. The zero-order valence-corrected chi connectivity index (χ0v) is 40.7. The highest BCUT2D eigenvalue weighted by Gasteiger charge is 2.45. The fourth-order valence-electron chi connectivity index (χ4n) is 9.15. The summed E-state index contributed by atoms with van der Waals surface area (Å²) in [4.78, 5) is 120. The summed E-state index contributed by atoms with van der Waals surface area (Å²) in [6.45, 7) is 2.13. The zero-order valence-electron chi connectivity index (χ0n) is 40.7. The van der Waals surface area contributed by atoms with Crippen molar-refractivity contribution in [1.82, 2.24) is 42.2 Å². The Morgan fingerprint density at radius 1 is 0.750 bits per heavy atom. The van der Waals surface area contributed by atoms with E-state index in [9.17, 15) is 33.6 Å². The van der Waals surface area contributed by atoms with Crippen LogP contribution in [0.1, 0.15) is 93.4 Å². The van der Waals surface area contributed by atoms with Crippen molar-refractivity contribution in [2.75, 3.05) is 13.1 Å². The van der Waals surface area contributed by atoms with Gasteiger partial charge in [-0.2, -0.15) is 0 Å². The van der Waals surface area contributed by atoms with Crippen molar-refractivity contribution in [3.8, 4) is 0 Å². The molecule has 0 saturated carbocycles. The molecular formula is C52H68N12O8. The number of nitrogens with zero attached hydrogens (tertiary/aromatic N) is 1. The topological polar surface area (TPSA) is 327 Å². The van der Waals surface area contributed by atoms with Crippen LogP contribution in [0.2, 0.25) is 0 Å². The van der Waals surface area contributed by atoms with Gasteiger partial charge in [0.15, 0.2) is 5.96 Å². The molecular weight excluding hydrogens is 921 g/mol. The van der Waals surface area contributed by atoms with Gasteiger partial charge in [-0.25, -0.2) is 0 Å². The molecule has 1 aliphatic heterocycles. The second kappa shape index (κ2) is 25.9. The lowest BCUT2D eigenvalue weighted by Crippen LogP contribution is -2.67. The summed E-state index contributed by atoms with van der Waals surface area (Å²) in [6, 6.07) is 17.3. The lowest BCUT2D eigenvalue weighted by Gasteiger charge is -2.39. The molecule has 0 bridgehead atoms. The molecule has 2 aliphatic rings. The Morgan fingerprint density at radius 2 is 1.43 bits per heavy atom. The van der Waals surface area contributed by atoms with Gasteiger partial charge < -0.3 is 59.4 Å². The van der Waals surface area contributed by atoms with Crippen LogP contribution in [0, 0.1) is 0 Å². The largest absolute Gasteiger partial charge is 0.370 e. The van der Waals surface area contributed by atoms with Crippen molar-refractivity contribution in [3.05, 3.63) is 107 Å². The third-order valence-electron chi connectivity index (χ3n) is 13.1. The number of nitrogens with one attached hydrogen (secondary N) is 8. The van der Waals surface area contributed by atoms with Crippen molar-refractivity contribution in [1.29, 1.82) is 0 Å². The number of nitrogens with two attached hydrogens (primary N) is 3. The number of aromatic amines is 1. The van der Waals surface area contributed by atoms with Crippen molar-refractivity contribution in [2.45, 2.75) is 133 Å². The molecule has 1 fully saturated rings. The van der Waals surface area contributed by atoms with Gasteiger partial charge in [-0.3, -0.25) is 43.3 Å². The van der Waals surface area contributed by atoms with Crippen molar-refractivity contribution >= 4 is 64.1 Å². The van der Waals surface area contributed by atoms with Gasteiger partial charge in [-0.05, 0) is 79.7 Å². The van der Waals surface area contributed by atoms with Gasteiger partial charge in [0.05, 0.1) is 6.42 Å². The molecule has 8 amide bonds. The predicted octanol–water partition coefficient (Wildman–Crippen LogP) is 0.840. The highest BCUT2D eigenvalue weighted by molar-refractivity contribution is 6.00. The predicted molar refractivity (Wildman–Crippen MR) is 271 cm³/mol. The maximum Gasteiger partial charge on any atom is 0.246 e. The number of primary amides is 1. The van der Waals surface area contributed by atoms with E-state index in [1.807, 2.05) is 55.5 Å². The summed E-state index contributed by atoms with van der Waals surface area (Å²) in [5, 5.41) is 20.6. The van der Waals surface area contributed by atoms with E-state index in [0.717, 1.165) is 22.0 Å². The minimum Gasteiger partial charge on any atom is -0.370 e. The number of fused-ring (bicyclic) bond motifs is 2. The molecule has 1 aromatic heterocycles. The second-order valence-electron chi connectivity index (χ2n) is 18.6. The highest BCUT2D eigenvalue weighted by atomic mass is 16.2. The van der Waals surface area contributed by atoms with Gasteiger partial charge in [-0.1, -0.05) is 86.1 Å². The van der Waals surface area contributed by atoms with Gasteiger partial charge in [0.2, 0.25) is 47.3 Å². The van der Waals surface area contributed by atoms with Crippen LogP contribution in [-0.2, 0) is 64.0 Å². The van der Waals surface area contributed by atoms with Gasteiger partial charge in [0.25, 0.3) is 0 Å². The molecule has 3 aromatic carbocycles. The average molecular weight is 989 g/mol. The zero-order chi connectivity index (χ0) is 51.6. The Kier molecular flexibility index (Phi) is 19.3. The summed E-state index contributed by atoms with van der Waals surface area (Å²) >= 11 is 0. The number of benzene rings is 3. The molecule has 384 valence electrons. The first-order chi connectivity index (χ1) is 34.6. The molecule has 6 atom stereocenters. The first-order valence-corrected chi connectivity index (χ1v) is 24.7. The lowest BCUT2D eigenvalue weighted by molar-refractivity contribution is -0.139. The Labute approximate surface area is 418 Å². The molecule has 1 saturated heterocycles. The summed E-state index contributed by atoms with van der Waals surface area (Å²) < 4.78 is 0. The molecule has 1 aliphatic carbocycles. The molecule has 14 N–H and O–H groups in total. The monoisotopic (exact) mass is 989 g/mol. The number of hydrogen-bond acceptors (Lipinski definition) is 9. The number of carbonyl (C=O) groups is 8. The van der Waals surface area contributed by atoms with Crippen molar-refractivity contribution in [2.24, 2.45) is 22.2 Å². The van der Waals surface area contributed by atoms with E-state index >= 15 is 4.79 Å². The van der Waals surface area contributed by atoms with E-state index in [1.165, 1.54) is 0 Å². The number of aliphatic imine (C=N–C) groups is 1. The van der Waals surface area contributed by atoms with Gasteiger partial charge in [-0.15, -0.1) is 0 Å². The van der Waals surface area contributed by atoms with E-state index in [2.05, 4.69) is 47.2 Å². The standard InChI is InChI=1S/C52H68N12O8/c1-2-3-22-43(65)59-42-29-44(66)56-25-12-11-20-38(45(53)67)60-48(70)41(28-35-31-58-37-19-10-9-18-36(35)37)62-46(68)39(21-13-26-57-51(54)55)61-47(69)40(27-32-14-5-4-6-15-32)63-50(72)52(64-49(42)71)24-23-33-16-7-8-17-34(33)30-52/h4-10,14-19,31,38-42,58H,2-3,11-13,20-30H2,1H3,(H2,53,67)(H,56,66)(H,59,65)(H,60,70)(H,61,69)(H,62,68)(H,63,72)(H,64,71)(H4,54,55,57)/t38-,39-,40+,41-,42-,52-/m0/s1. The van der Waals surface area contributed by atoms with E-state index < -0.39 is 89.4 Å². The number of H-pyrrole nitrogens is 1. The SMILES string of the molecule is CCCCC(=O)N[C@H]1CC(=O)NCCCC[C@@H](C(N)=O)NC(=O)[C@H](Cc2c[nH]c3ccccc23)NC(=O)[C@H](CCCN=C(N)N)NC(=O)[C@@H](Cc2ccccc2)NC(=O)[C@@]2(CCc3ccccc3C2)NC1=O. The summed E-state index contributed by atoms with van der Waals surface area (Å²) in [5.41, 5.74) is 19.2. The normalized spacial score (nSPS) is 23.0. The van der Waals surface area contributed by atoms with Crippen molar-refractivity contribution < 1.29 is 38.4 Å². The maximum absolute atomic E-state index is 15.2. The first-order valence-electron chi connectivity index (χ1n) is 24.7. The van der Waals surface area contributed by atoms with Crippen LogP contribution in [0.25, 0.3) is 10.9 Å². The molecule has 0 radical (unpaired) electrons. The van der Waals surface area contributed by atoms with Crippen molar-refractivity contribution in [3.63, 3.8) is 0 Å². The number of amides is 8. The minimum absolute atomic E-state index is 0.0133. The number of rotatable bonds is 13. The van der Waals surface area contributed by atoms with E-state index in [1.54, 1.807) is 36.5 Å². The van der Waals surface area contributed by atoms with Crippen LogP contribution >= 0.6 is 0 Å². The molecule has 4 aromatic rings. The van der Waals surface area contributed by atoms with Crippen LogP contribution < -0.4 is 54.4 Å². The molecule has 72 heavy (non-hydrogen) atoms. The highest BCUT2D eigenvalue weighted by Crippen LogP contribution is 2.30. The number of hydrogen-bond donors (Lipinski definition) is 11. The quantitative estimate of drug-likeness (QED) is 0.0510. The minimum atomic E-state index is -1.67. The van der Waals surface area contributed by atoms with Crippen LogP contribution in [0.15, 0.2) is 90.1 Å². The summed E-state index contributed by atoms with van der Waals surface area (Å²) in [7, 11) is 0. The average Bonchev–Trinajstić information content (AvgIpc) is 3.77. The van der Waals surface area contributed by atoms with Crippen LogP contribution in [0.3, 0.4) is 0 Å². The second-order valence-corrected chi connectivity index (χ2v) is 18.6. The number of guanidine groups is 1. The molecule has 20 nitrogen and oxygen atoms in total. The van der Waals surface area contributed by atoms with E-state index in [0.29, 0.717) is 43.2 Å². The number of para-hydroxylation sites is 1. The number of carbonyl (C=O) groups excluding carboxylic acids is 8. The Balaban J connectivity index is 1.40. The van der Waals surface area contributed by atoms with Crippen LogP contribution in [0.5, 0.6) is 0 Å². The lowest BCUT2D eigenvalue weighted by atomic mass is 9.76. The van der Waals surface area contributed by atoms with Gasteiger partial charge >= 0.3 is 0 Å². The number of aryl methyl sites for hydroxylation is 1. The molecule has 2 heterocycles. The Hall–Kier alpha value is -7.77. The van der Waals surface area contributed by atoms with Crippen LogP contribution in [0.4, 0.5) is 0 Å². The van der Waals surface area contributed by atoms with Gasteiger partial charge in [0.1, 0.15) is 35.7 Å². The molecule has 0 unspecified atom stereocenters. The summed E-state index contributed by atoms with van der Waals surface area (Å²) in [6.07, 6.45) is 3.97. The third-order valence-corrected chi connectivity index (χ3v) is 13.1. The summed E-state index contributed by atoms with van der Waals surface area (Å²) in [5.74, 6) is -5.69. The number of unbranched alkanes of at least 4 members (excludes halogenated alkanes) is 1. The van der Waals surface area contributed by atoms with E-state index in [-0.39, 0.29) is 70.4 Å². The fraction of sp³-hybridized carbons (Fsp3) is 0.442. The fourth-order valence-corrected chi connectivity index (χ4v) is 9.15. The molecule has 6 rings (SSSR count). The molecule has 20 heteroatoms. The first kappa shape index (κ1) is 53.6.